The molecule has 0 saturated carbocycles. The number of pyridine rings is 1. The molecule has 4 heterocycles. The maximum atomic E-state index is 14.2. The zero-order valence-electron chi connectivity index (χ0n) is 24.0. The summed E-state index contributed by atoms with van der Waals surface area (Å²) in [6.07, 6.45) is 7.32. The Morgan fingerprint density at radius 3 is 2.38 bits per heavy atom. The molecule has 2 aromatic carbocycles. The number of anilines is 2. The van der Waals surface area contributed by atoms with Crippen molar-refractivity contribution in [2.45, 2.75) is 24.7 Å². The molecule has 1 N–H and O–H groups in total. The Balaban J connectivity index is 1.22. The van der Waals surface area contributed by atoms with Crippen LogP contribution in [0.1, 0.15) is 19.8 Å². The average Bonchev–Trinajstić information content (AvgIpc) is 2.99. The Bertz CT molecular complexity index is 1950. The van der Waals surface area contributed by atoms with Gasteiger partial charge in [0.15, 0.2) is 15.8 Å². The molecule has 0 bridgehead atoms. The Morgan fingerprint density at radius 2 is 1.69 bits per heavy atom. The number of fused-ring (bicyclic) bond motifs is 1. The number of aromatic nitrogens is 3. The summed E-state index contributed by atoms with van der Waals surface area (Å²) in [5, 5.41) is 0.577. The minimum atomic E-state index is -4.66. The quantitative estimate of drug-likeness (QED) is 0.219. The minimum Gasteiger partial charge on any atom is -0.356 e. The summed E-state index contributed by atoms with van der Waals surface area (Å²) in [5.41, 5.74) is 1.76. The van der Waals surface area contributed by atoms with Gasteiger partial charge in [0.2, 0.25) is 5.91 Å². The van der Waals surface area contributed by atoms with Gasteiger partial charge in [-0.2, -0.15) is 0 Å². The van der Waals surface area contributed by atoms with Gasteiger partial charge < -0.3 is 9.80 Å². The van der Waals surface area contributed by atoms with Gasteiger partial charge >= 0.3 is 0 Å². The van der Waals surface area contributed by atoms with Crippen LogP contribution in [0.25, 0.3) is 22.0 Å². The first kappa shape index (κ1) is 30.5. The maximum absolute atomic E-state index is 14.2. The van der Waals surface area contributed by atoms with Gasteiger partial charge in [0.25, 0.3) is 10.0 Å². The smallest absolute Gasteiger partial charge is 0.267 e. The van der Waals surface area contributed by atoms with E-state index in [1.54, 1.807) is 11.0 Å². The largest absolute Gasteiger partial charge is 0.356 e. The first-order valence-electron chi connectivity index (χ1n) is 14.0. The lowest BCUT2D eigenvalue weighted by Gasteiger charge is -2.54. The summed E-state index contributed by atoms with van der Waals surface area (Å²) < 4.78 is 56.4. The molecule has 10 nitrogen and oxygen atoms in total. The second-order valence-electron chi connectivity index (χ2n) is 11.3. The van der Waals surface area contributed by atoms with Crippen molar-refractivity contribution >= 4 is 55.7 Å². The Labute approximate surface area is 262 Å². The number of nitrogens with zero attached hydrogens (tertiary/aromatic N) is 5. The Hall–Kier alpha value is -4.49. The van der Waals surface area contributed by atoms with E-state index in [0.717, 1.165) is 55.3 Å². The summed E-state index contributed by atoms with van der Waals surface area (Å²) in [5.74, 6) is -2.05. The number of sulfonamides is 1. The number of likely N-dealkylation sites (tertiary alicyclic amines) is 1. The first-order valence-corrected chi connectivity index (χ1v) is 15.9. The zero-order chi connectivity index (χ0) is 31.9. The Morgan fingerprint density at radius 1 is 0.978 bits per heavy atom. The number of hydrogen-bond donors (Lipinski definition) is 1. The molecular weight excluding hydrogens is 626 g/mol. The van der Waals surface area contributed by atoms with Gasteiger partial charge in [-0.1, -0.05) is 23.7 Å². The van der Waals surface area contributed by atoms with E-state index in [9.17, 15) is 26.8 Å². The number of rotatable bonds is 7. The summed E-state index contributed by atoms with van der Waals surface area (Å²) in [6.45, 7) is 4.15. The first-order chi connectivity index (χ1) is 21.4. The molecule has 6 rings (SSSR count). The number of carbonyl (C=O) groups is 2. The topological polar surface area (TPSA) is 125 Å². The summed E-state index contributed by atoms with van der Waals surface area (Å²) in [4.78, 5) is 39.4. The number of hydrogen-bond acceptors (Lipinski definition) is 8. The lowest BCUT2D eigenvalue weighted by molar-refractivity contribution is -0.139. The molecule has 45 heavy (non-hydrogen) atoms. The molecule has 2 fully saturated rings. The highest BCUT2D eigenvalue weighted by Crippen LogP contribution is 2.42. The fourth-order valence-corrected chi connectivity index (χ4v) is 7.21. The Kier molecular flexibility index (Phi) is 8.00. The van der Waals surface area contributed by atoms with Crippen molar-refractivity contribution in [2.24, 2.45) is 5.41 Å². The highest BCUT2D eigenvalue weighted by atomic mass is 35.5. The molecule has 2 aliphatic heterocycles. The zero-order valence-corrected chi connectivity index (χ0v) is 25.6. The second-order valence-corrected chi connectivity index (χ2v) is 13.3. The van der Waals surface area contributed by atoms with Crippen molar-refractivity contribution in [3.63, 3.8) is 0 Å². The van der Waals surface area contributed by atoms with Gasteiger partial charge in [-0.15, -0.1) is 0 Å². The summed E-state index contributed by atoms with van der Waals surface area (Å²) >= 11 is 6.18. The van der Waals surface area contributed by atoms with E-state index in [4.69, 9.17) is 11.6 Å². The molecule has 0 atom stereocenters. The number of nitrogens with one attached hydrogen (secondary N) is 1. The van der Waals surface area contributed by atoms with Gasteiger partial charge in [-0.3, -0.25) is 14.3 Å². The monoisotopic (exact) mass is 652 g/mol. The van der Waals surface area contributed by atoms with Crippen LogP contribution < -0.4 is 9.62 Å². The molecule has 2 aliphatic rings. The molecule has 2 aromatic heterocycles. The van der Waals surface area contributed by atoms with E-state index < -0.39 is 26.6 Å². The molecule has 4 aromatic rings. The van der Waals surface area contributed by atoms with Crippen LogP contribution >= 0.6 is 11.6 Å². The van der Waals surface area contributed by atoms with Crippen LogP contribution in [0.4, 0.5) is 20.3 Å². The molecule has 0 unspecified atom stereocenters. The lowest BCUT2D eigenvalue weighted by Crippen LogP contribution is -2.61. The van der Waals surface area contributed by atoms with Crippen LogP contribution in [-0.4, -0.2) is 66.1 Å². The van der Waals surface area contributed by atoms with Crippen LogP contribution in [-0.2, 0) is 19.6 Å². The number of ketones is 1. The van der Waals surface area contributed by atoms with E-state index in [1.165, 1.54) is 37.7 Å². The average molecular weight is 653 g/mol. The van der Waals surface area contributed by atoms with Crippen molar-refractivity contribution < 1.29 is 26.8 Å². The third-order valence-electron chi connectivity index (χ3n) is 8.17. The van der Waals surface area contributed by atoms with E-state index >= 15 is 0 Å². The van der Waals surface area contributed by atoms with E-state index in [-0.39, 0.29) is 27.9 Å². The van der Waals surface area contributed by atoms with Crippen molar-refractivity contribution in [2.75, 3.05) is 35.8 Å². The highest BCUT2D eigenvalue weighted by molar-refractivity contribution is 7.92. The number of benzene rings is 2. The molecule has 2 saturated heterocycles. The number of piperidine rings is 1. The predicted octanol–water partition coefficient (Wildman–Crippen LogP) is 5.00. The molecular formula is C31H27ClF2N6O4S. The van der Waals surface area contributed by atoms with Gasteiger partial charge in [0, 0.05) is 54.8 Å². The second kappa shape index (κ2) is 11.8. The van der Waals surface area contributed by atoms with Crippen molar-refractivity contribution in [1.82, 2.24) is 19.9 Å². The van der Waals surface area contributed by atoms with Crippen LogP contribution in [0.2, 0.25) is 5.15 Å². The normalized spacial score (nSPS) is 16.3. The maximum Gasteiger partial charge on any atom is 0.267 e. The lowest BCUT2D eigenvalue weighted by atomic mass is 9.72. The molecule has 1 spiro atoms. The standard InChI is InChI=1S/C31H27ClF2N6O4S/c1-19(41)5-8-27(42)40-16-31(17-40)9-11-39(12-10-31)30-22-13-20(6-7-25(22)36-18-37-30)21-14-26(29(32)35-15-21)38-45(43,44)28-23(33)3-2-4-24(28)34/h2-8,13-15,18,38H,9-12,16-17H2,1H3/b8-5+. The van der Waals surface area contributed by atoms with E-state index in [1.807, 2.05) is 12.1 Å². The van der Waals surface area contributed by atoms with Crippen molar-refractivity contribution in [1.29, 1.82) is 0 Å². The summed E-state index contributed by atoms with van der Waals surface area (Å²) in [6, 6.07) is 9.70. The molecule has 1 amide bonds. The van der Waals surface area contributed by atoms with Crippen LogP contribution in [0.5, 0.6) is 0 Å². The highest BCUT2D eigenvalue weighted by Gasteiger charge is 2.46. The summed E-state index contributed by atoms with van der Waals surface area (Å²) in [7, 11) is -4.66. The minimum absolute atomic E-state index is 0.0362. The number of halogens is 3. The van der Waals surface area contributed by atoms with Gasteiger partial charge in [-0.25, -0.2) is 32.2 Å². The number of amides is 1. The van der Waals surface area contributed by atoms with Gasteiger partial charge in [0.05, 0.1) is 11.2 Å². The van der Waals surface area contributed by atoms with E-state index in [0.29, 0.717) is 29.7 Å². The molecule has 0 radical (unpaired) electrons. The van der Waals surface area contributed by atoms with Crippen molar-refractivity contribution in [3.05, 3.63) is 83.9 Å². The van der Waals surface area contributed by atoms with Crippen LogP contribution in [0.15, 0.2) is 72.0 Å². The molecule has 14 heteroatoms. The van der Waals surface area contributed by atoms with Crippen LogP contribution in [0.3, 0.4) is 0 Å². The fourth-order valence-electron chi connectivity index (χ4n) is 5.81. The van der Waals surface area contributed by atoms with Gasteiger partial charge in [0.1, 0.15) is 23.8 Å². The number of carbonyl (C=O) groups excluding carboxylic acids is 2. The molecule has 232 valence electrons. The van der Waals surface area contributed by atoms with E-state index in [2.05, 4.69) is 24.6 Å². The predicted molar refractivity (Wildman–Crippen MR) is 165 cm³/mol. The van der Waals surface area contributed by atoms with Gasteiger partial charge in [-0.05, 0) is 61.7 Å². The van der Waals surface area contributed by atoms with Crippen molar-refractivity contribution in [3.8, 4) is 11.1 Å². The third-order valence-corrected chi connectivity index (χ3v) is 9.88. The van der Waals surface area contributed by atoms with Crippen LogP contribution in [0, 0.1) is 17.0 Å². The SMILES string of the molecule is CC(=O)/C=C/C(=O)N1CC2(CCN(c3ncnc4ccc(-c5cnc(Cl)c(NS(=O)(=O)c6c(F)cccc6F)c5)cc34)CC2)C1. The third kappa shape index (κ3) is 6.09. The molecule has 0 aliphatic carbocycles. The number of allylic oxidation sites excluding steroid dienone is 1. The fraction of sp³-hybridized carbons (Fsp3) is 0.258.